The van der Waals surface area contributed by atoms with E-state index >= 15 is 0 Å². The maximum atomic E-state index is 11.4. The molecule has 3 heteroatoms. The van der Waals surface area contributed by atoms with E-state index in [0.29, 0.717) is 18.7 Å². The Bertz CT molecular complexity index is 432. The Balaban J connectivity index is 2.68. The van der Waals surface area contributed by atoms with E-state index in [4.69, 9.17) is 4.74 Å². The number of carbonyl (C=O) groups excluding carboxylic acids is 1. The van der Waals surface area contributed by atoms with E-state index in [1.54, 1.807) is 6.92 Å². The Labute approximate surface area is 115 Å². The Morgan fingerprint density at radius 2 is 1.84 bits per heavy atom. The number of benzene rings is 1. The first kappa shape index (κ1) is 15.3. The van der Waals surface area contributed by atoms with Crippen molar-refractivity contribution in [3.63, 3.8) is 0 Å². The number of carbonyl (C=O) groups is 1. The summed E-state index contributed by atoms with van der Waals surface area (Å²) in [5.41, 5.74) is 1.53. The second-order valence-electron chi connectivity index (χ2n) is 5.57. The molecule has 19 heavy (non-hydrogen) atoms. The fourth-order valence-corrected chi connectivity index (χ4v) is 1.81. The minimum Gasteiger partial charge on any atom is -0.460 e. The number of hydrogen-bond acceptors (Lipinski definition) is 3. The van der Waals surface area contributed by atoms with Gasteiger partial charge in [0.25, 0.3) is 0 Å². The molecule has 0 aliphatic carbocycles. The lowest BCUT2D eigenvalue weighted by molar-refractivity contribution is -0.138. The van der Waals surface area contributed by atoms with Crippen LogP contribution in [0, 0.1) is 0 Å². The molecule has 3 nitrogen and oxygen atoms in total. The third-order valence-electron chi connectivity index (χ3n) is 2.77. The Kier molecular flexibility index (Phi) is 5.16. The molecule has 0 radical (unpaired) electrons. The van der Waals surface area contributed by atoms with Crippen LogP contribution in [0.15, 0.2) is 42.5 Å². The van der Waals surface area contributed by atoms with Crippen LogP contribution in [0.1, 0.15) is 27.7 Å². The number of rotatable bonds is 5. The average Bonchev–Trinajstić information content (AvgIpc) is 2.33. The van der Waals surface area contributed by atoms with Crippen molar-refractivity contribution in [3.8, 4) is 0 Å². The molecule has 0 bridgehead atoms. The molecule has 1 aromatic rings. The normalized spacial score (nSPS) is 10.9. The van der Waals surface area contributed by atoms with Crippen LogP contribution in [0.25, 0.3) is 0 Å². The molecule has 1 aromatic carbocycles. The summed E-state index contributed by atoms with van der Waals surface area (Å²) in [7, 11) is 0. The molecular formula is C16H23NO2. The van der Waals surface area contributed by atoms with Gasteiger partial charge in [-0.05, 0) is 39.8 Å². The van der Waals surface area contributed by atoms with Gasteiger partial charge in [-0.3, -0.25) is 0 Å². The van der Waals surface area contributed by atoms with Crippen molar-refractivity contribution in [2.45, 2.75) is 33.2 Å². The zero-order chi connectivity index (χ0) is 14.5. The summed E-state index contributed by atoms with van der Waals surface area (Å²) in [5, 5.41) is 0. The topological polar surface area (TPSA) is 29.5 Å². The van der Waals surface area contributed by atoms with Crippen LogP contribution in [0.2, 0.25) is 0 Å². The van der Waals surface area contributed by atoms with Gasteiger partial charge >= 0.3 is 5.97 Å². The Morgan fingerprint density at radius 1 is 1.26 bits per heavy atom. The van der Waals surface area contributed by atoms with Crippen molar-refractivity contribution in [1.82, 2.24) is 0 Å². The number of ether oxygens (including phenoxy) is 1. The number of para-hydroxylation sites is 1. The van der Waals surface area contributed by atoms with Crippen LogP contribution in [0.3, 0.4) is 0 Å². The van der Waals surface area contributed by atoms with Crippen molar-refractivity contribution in [2.24, 2.45) is 0 Å². The highest BCUT2D eigenvalue weighted by Crippen LogP contribution is 2.22. The molecule has 0 aliphatic rings. The zero-order valence-corrected chi connectivity index (χ0v) is 12.3. The summed E-state index contributed by atoms with van der Waals surface area (Å²) >= 11 is 0. The van der Waals surface area contributed by atoms with Gasteiger partial charge in [0.1, 0.15) is 6.61 Å². The van der Waals surface area contributed by atoms with Crippen molar-refractivity contribution >= 4 is 11.7 Å². The molecule has 0 saturated heterocycles. The first-order chi connectivity index (χ1) is 8.82. The molecule has 0 aromatic heterocycles. The summed E-state index contributed by atoms with van der Waals surface area (Å²) in [6.45, 7) is 12.7. The number of nitrogens with zero attached hydrogens (tertiary/aromatic N) is 1. The molecule has 0 atom stereocenters. The largest absolute Gasteiger partial charge is 0.460 e. The zero-order valence-electron chi connectivity index (χ0n) is 12.3. The quantitative estimate of drug-likeness (QED) is 0.601. The lowest BCUT2D eigenvalue weighted by atomic mass is 10.0. The minimum atomic E-state index is -0.332. The first-order valence-corrected chi connectivity index (χ1v) is 6.47. The molecule has 0 N–H and O–H groups in total. The van der Waals surface area contributed by atoms with E-state index < -0.39 is 0 Å². The van der Waals surface area contributed by atoms with Crippen LogP contribution < -0.4 is 4.90 Å². The summed E-state index contributed by atoms with van der Waals surface area (Å²) in [4.78, 5) is 13.6. The van der Waals surface area contributed by atoms with Crippen LogP contribution in [0.5, 0.6) is 0 Å². The van der Waals surface area contributed by atoms with Gasteiger partial charge in [0, 0.05) is 16.8 Å². The lowest BCUT2D eigenvalue weighted by Crippen LogP contribution is -2.43. The monoisotopic (exact) mass is 261 g/mol. The number of hydrogen-bond donors (Lipinski definition) is 0. The van der Waals surface area contributed by atoms with Gasteiger partial charge in [-0.1, -0.05) is 24.8 Å². The molecule has 0 aliphatic heterocycles. The molecular weight excluding hydrogens is 238 g/mol. The van der Waals surface area contributed by atoms with Crippen molar-refractivity contribution in [2.75, 3.05) is 18.1 Å². The van der Waals surface area contributed by atoms with E-state index in [1.165, 1.54) is 0 Å². The summed E-state index contributed by atoms with van der Waals surface area (Å²) in [6, 6.07) is 10.1. The SMILES string of the molecule is C=C(C)C(=O)OCCN(c1ccccc1)C(C)(C)C. The van der Waals surface area contributed by atoms with Crippen LogP contribution in [0.4, 0.5) is 5.69 Å². The molecule has 0 amide bonds. The van der Waals surface area contributed by atoms with Gasteiger partial charge in [-0.15, -0.1) is 0 Å². The van der Waals surface area contributed by atoms with Gasteiger partial charge in [-0.2, -0.15) is 0 Å². The lowest BCUT2D eigenvalue weighted by Gasteiger charge is -2.37. The highest BCUT2D eigenvalue weighted by atomic mass is 16.5. The fourth-order valence-electron chi connectivity index (χ4n) is 1.81. The van der Waals surface area contributed by atoms with Gasteiger partial charge in [-0.25, -0.2) is 4.79 Å². The second kappa shape index (κ2) is 6.41. The first-order valence-electron chi connectivity index (χ1n) is 6.47. The average molecular weight is 261 g/mol. The molecule has 1 rings (SSSR count). The van der Waals surface area contributed by atoms with E-state index in [-0.39, 0.29) is 11.5 Å². The predicted octanol–water partition coefficient (Wildman–Crippen LogP) is 3.41. The van der Waals surface area contributed by atoms with Crippen molar-refractivity contribution < 1.29 is 9.53 Å². The van der Waals surface area contributed by atoms with E-state index in [0.717, 1.165) is 5.69 Å². The second-order valence-corrected chi connectivity index (χ2v) is 5.57. The van der Waals surface area contributed by atoms with Gasteiger partial charge < -0.3 is 9.64 Å². The molecule has 0 heterocycles. The Hall–Kier alpha value is -1.77. The van der Waals surface area contributed by atoms with Gasteiger partial charge in [0.05, 0.1) is 6.54 Å². The smallest absolute Gasteiger partial charge is 0.333 e. The van der Waals surface area contributed by atoms with Crippen LogP contribution >= 0.6 is 0 Å². The highest BCUT2D eigenvalue weighted by Gasteiger charge is 2.21. The maximum absolute atomic E-state index is 11.4. The van der Waals surface area contributed by atoms with Gasteiger partial charge in [0.15, 0.2) is 0 Å². The molecule has 0 unspecified atom stereocenters. The van der Waals surface area contributed by atoms with Gasteiger partial charge in [0.2, 0.25) is 0 Å². The van der Waals surface area contributed by atoms with E-state index in [1.807, 2.05) is 18.2 Å². The number of anilines is 1. The molecule has 0 fully saturated rings. The Morgan fingerprint density at radius 3 is 2.32 bits per heavy atom. The van der Waals surface area contributed by atoms with Crippen molar-refractivity contribution in [1.29, 1.82) is 0 Å². The highest BCUT2D eigenvalue weighted by molar-refractivity contribution is 5.86. The predicted molar refractivity (Wildman–Crippen MR) is 79.3 cm³/mol. The third kappa shape index (κ3) is 4.78. The third-order valence-corrected chi connectivity index (χ3v) is 2.77. The standard InChI is InChI=1S/C16H23NO2/c1-13(2)15(18)19-12-11-17(16(3,4)5)14-9-7-6-8-10-14/h6-10H,1,11-12H2,2-5H3. The molecule has 104 valence electrons. The summed E-state index contributed by atoms with van der Waals surface area (Å²) < 4.78 is 5.17. The van der Waals surface area contributed by atoms with E-state index in [9.17, 15) is 4.79 Å². The fraction of sp³-hybridized carbons (Fsp3) is 0.438. The van der Waals surface area contributed by atoms with Crippen molar-refractivity contribution in [3.05, 3.63) is 42.5 Å². The minimum absolute atomic E-state index is 0.0308. The number of esters is 1. The molecule has 0 spiro atoms. The summed E-state index contributed by atoms with van der Waals surface area (Å²) in [5.74, 6) is -0.332. The summed E-state index contributed by atoms with van der Waals surface area (Å²) in [6.07, 6.45) is 0. The van der Waals surface area contributed by atoms with E-state index in [2.05, 4.69) is 44.4 Å². The molecule has 0 saturated carbocycles. The van der Waals surface area contributed by atoms with Crippen LogP contribution in [-0.2, 0) is 9.53 Å². The van der Waals surface area contributed by atoms with Crippen LogP contribution in [-0.4, -0.2) is 24.7 Å². The maximum Gasteiger partial charge on any atom is 0.333 e.